The van der Waals surface area contributed by atoms with E-state index in [0.29, 0.717) is 6.04 Å². The van der Waals surface area contributed by atoms with E-state index in [0.717, 1.165) is 23.7 Å². The molecular formula is C12H19ClN2. The van der Waals surface area contributed by atoms with Crippen LogP contribution >= 0.6 is 11.6 Å². The Morgan fingerprint density at radius 2 is 2.07 bits per heavy atom. The minimum Gasteiger partial charge on any atom is -0.399 e. The molecule has 3 heteroatoms. The van der Waals surface area contributed by atoms with Crippen molar-refractivity contribution in [1.29, 1.82) is 0 Å². The van der Waals surface area contributed by atoms with E-state index < -0.39 is 0 Å². The molecule has 0 saturated carbocycles. The van der Waals surface area contributed by atoms with E-state index in [2.05, 4.69) is 25.8 Å². The Morgan fingerprint density at radius 1 is 1.40 bits per heavy atom. The second kappa shape index (κ2) is 5.38. The zero-order chi connectivity index (χ0) is 11.4. The number of anilines is 1. The molecule has 0 unspecified atom stereocenters. The molecule has 84 valence electrons. The van der Waals surface area contributed by atoms with E-state index in [-0.39, 0.29) is 0 Å². The van der Waals surface area contributed by atoms with Crippen molar-refractivity contribution >= 4 is 17.3 Å². The molecule has 1 aromatic rings. The van der Waals surface area contributed by atoms with Crippen LogP contribution in [0.1, 0.15) is 19.4 Å². The molecule has 1 rings (SSSR count). The third-order valence-electron chi connectivity index (χ3n) is 2.69. The number of nitrogens with zero attached hydrogens (tertiary/aromatic N) is 1. The number of hydrogen-bond donors (Lipinski definition) is 1. The van der Waals surface area contributed by atoms with Gasteiger partial charge in [0.05, 0.1) is 0 Å². The van der Waals surface area contributed by atoms with Gasteiger partial charge in [-0.1, -0.05) is 17.7 Å². The highest BCUT2D eigenvalue weighted by atomic mass is 35.5. The average Bonchev–Trinajstić information content (AvgIpc) is 2.15. The summed E-state index contributed by atoms with van der Waals surface area (Å²) in [5.74, 6) is 0. The zero-order valence-corrected chi connectivity index (χ0v) is 10.4. The van der Waals surface area contributed by atoms with Gasteiger partial charge in [0.1, 0.15) is 0 Å². The van der Waals surface area contributed by atoms with Gasteiger partial charge in [-0.2, -0.15) is 0 Å². The van der Waals surface area contributed by atoms with Gasteiger partial charge < -0.3 is 10.6 Å². The van der Waals surface area contributed by atoms with Crippen molar-refractivity contribution in [2.75, 3.05) is 19.3 Å². The first kappa shape index (κ1) is 12.3. The fourth-order valence-electron chi connectivity index (χ4n) is 1.32. The van der Waals surface area contributed by atoms with Crippen LogP contribution < -0.4 is 5.73 Å². The van der Waals surface area contributed by atoms with E-state index in [1.807, 2.05) is 18.2 Å². The molecule has 0 aliphatic rings. The third-order valence-corrected chi connectivity index (χ3v) is 3.04. The van der Waals surface area contributed by atoms with Crippen LogP contribution in [0.3, 0.4) is 0 Å². The molecule has 0 bridgehead atoms. The van der Waals surface area contributed by atoms with E-state index in [9.17, 15) is 0 Å². The summed E-state index contributed by atoms with van der Waals surface area (Å²) in [4.78, 5) is 2.30. The monoisotopic (exact) mass is 226 g/mol. The van der Waals surface area contributed by atoms with Gasteiger partial charge in [0, 0.05) is 23.3 Å². The smallest absolute Gasteiger partial charge is 0.0458 e. The van der Waals surface area contributed by atoms with E-state index in [1.165, 1.54) is 5.56 Å². The molecule has 0 aromatic heterocycles. The highest BCUT2D eigenvalue weighted by Gasteiger charge is 2.05. The van der Waals surface area contributed by atoms with Crippen molar-refractivity contribution in [1.82, 2.24) is 4.90 Å². The van der Waals surface area contributed by atoms with Crippen LogP contribution in [-0.4, -0.2) is 24.5 Å². The van der Waals surface area contributed by atoms with Crippen LogP contribution in [0.15, 0.2) is 18.2 Å². The third kappa shape index (κ3) is 3.73. The number of rotatable bonds is 4. The number of nitrogens with two attached hydrogens (primary N) is 1. The van der Waals surface area contributed by atoms with Crippen LogP contribution in [0.2, 0.25) is 5.02 Å². The zero-order valence-electron chi connectivity index (χ0n) is 9.63. The van der Waals surface area contributed by atoms with Gasteiger partial charge in [0.25, 0.3) is 0 Å². The molecule has 2 N–H and O–H groups in total. The first-order valence-electron chi connectivity index (χ1n) is 5.25. The molecule has 0 atom stereocenters. The molecule has 0 aliphatic carbocycles. The molecular weight excluding hydrogens is 208 g/mol. The largest absolute Gasteiger partial charge is 0.399 e. The molecule has 0 fully saturated rings. The summed E-state index contributed by atoms with van der Waals surface area (Å²) in [7, 11) is 2.12. The second-order valence-corrected chi connectivity index (χ2v) is 4.58. The van der Waals surface area contributed by atoms with Gasteiger partial charge in [-0.15, -0.1) is 0 Å². The van der Waals surface area contributed by atoms with Crippen molar-refractivity contribution in [2.24, 2.45) is 0 Å². The predicted molar refractivity (Wildman–Crippen MR) is 67.3 cm³/mol. The van der Waals surface area contributed by atoms with Crippen LogP contribution in [0.4, 0.5) is 5.69 Å². The molecule has 1 aromatic carbocycles. The van der Waals surface area contributed by atoms with Crippen molar-refractivity contribution < 1.29 is 0 Å². The lowest BCUT2D eigenvalue weighted by molar-refractivity contribution is 0.277. The number of benzene rings is 1. The van der Waals surface area contributed by atoms with E-state index >= 15 is 0 Å². The lowest BCUT2D eigenvalue weighted by atomic mass is 10.1. The minimum absolute atomic E-state index is 0.567. The Labute approximate surface area is 97.0 Å². The second-order valence-electron chi connectivity index (χ2n) is 4.18. The van der Waals surface area contributed by atoms with Crippen molar-refractivity contribution in [3.05, 3.63) is 28.8 Å². The Morgan fingerprint density at radius 3 is 2.60 bits per heavy atom. The maximum absolute atomic E-state index is 6.09. The Kier molecular flexibility index (Phi) is 4.43. The fraction of sp³-hybridized carbons (Fsp3) is 0.500. The van der Waals surface area contributed by atoms with Gasteiger partial charge in [0.2, 0.25) is 0 Å². The number of likely N-dealkylation sites (N-methyl/N-ethyl adjacent to an activating group) is 1. The van der Waals surface area contributed by atoms with Crippen molar-refractivity contribution in [2.45, 2.75) is 26.3 Å². The summed E-state index contributed by atoms with van der Waals surface area (Å²) < 4.78 is 0. The molecule has 0 aliphatic heterocycles. The van der Waals surface area contributed by atoms with Gasteiger partial charge in [-0.05, 0) is 45.0 Å². The number of halogens is 1. The number of nitrogen functional groups attached to an aromatic ring is 1. The highest BCUT2D eigenvalue weighted by Crippen LogP contribution is 2.19. The molecule has 0 radical (unpaired) electrons. The standard InChI is InChI=1S/C12H19ClN2/c1-9(2)15(3)7-6-10-4-5-11(14)8-12(10)13/h4-5,8-9H,6-7,14H2,1-3H3. The topological polar surface area (TPSA) is 29.3 Å². The highest BCUT2D eigenvalue weighted by molar-refractivity contribution is 6.31. The summed E-state index contributed by atoms with van der Waals surface area (Å²) in [5, 5.41) is 0.771. The van der Waals surface area contributed by atoms with Gasteiger partial charge in [0.15, 0.2) is 0 Å². The quantitative estimate of drug-likeness (QED) is 0.801. The molecule has 0 amide bonds. The Bertz CT molecular complexity index is 323. The van der Waals surface area contributed by atoms with Gasteiger partial charge in [-0.3, -0.25) is 0 Å². The Balaban J connectivity index is 2.58. The summed E-state index contributed by atoms with van der Waals surface area (Å²) >= 11 is 6.09. The predicted octanol–water partition coefficient (Wildman–Crippen LogP) is 2.80. The van der Waals surface area contributed by atoms with Crippen LogP contribution in [0, 0.1) is 0 Å². The summed E-state index contributed by atoms with van der Waals surface area (Å²) in [5.41, 5.74) is 7.53. The lowest BCUT2D eigenvalue weighted by Gasteiger charge is -2.21. The molecule has 0 saturated heterocycles. The number of hydrogen-bond acceptors (Lipinski definition) is 2. The first-order chi connectivity index (χ1) is 7.00. The normalized spacial score (nSPS) is 11.3. The molecule has 15 heavy (non-hydrogen) atoms. The maximum atomic E-state index is 6.09. The van der Waals surface area contributed by atoms with Crippen LogP contribution in [-0.2, 0) is 6.42 Å². The summed E-state index contributed by atoms with van der Waals surface area (Å²) in [6.45, 7) is 5.39. The fourth-order valence-corrected chi connectivity index (χ4v) is 1.60. The van der Waals surface area contributed by atoms with Crippen molar-refractivity contribution in [3.63, 3.8) is 0 Å². The van der Waals surface area contributed by atoms with Gasteiger partial charge in [-0.25, -0.2) is 0 Å². The first-order valence-corrected chi connectivity index (χ1v) is 5.62. The summed E-state index contributed by atoms with van der Waals surface area (Å²) in [6, 6.07) is 6.28. The molecule has 0 heterocycles. The lowest BCUT2D eigenvalue weighted by Crippen LogP contribution is -2.28. The summed E-state index contributed by atoms with van der Waals surface area (Å²) in [6.07, 6.45) is 0.966. The minimum atomic E-state index is 0.567. The van der Waals surface area contributed by atoms with Crippen LogP contribution in [0.5, 0.6) is 0 Å². The SMILES string of the molecule is CC(C)N(C)CCc1ccc(N)cc1Cl. The van der Waals surface area contributed by atoms with E-state index in [1.54, 1.807) is 0 Å². The molecule has 0 spiro atoms. The Hall–Kier alpha value is -0.730. The van der Waals surface area contributed by atoms with E-state index in [4.69, 9.17) is 17.3 Å². The average molecular weight is 227 g/mol. The van der Waals surface area contributed by atoms with Crippen molar-refractivity contribution in [3.8, 4) is 0 Å². The van der Waals surface area contributed by atoms with Gasteiger partial charge >= 0.3 is 0 Å². The van der Waals surface area contributed by atoms with Crippen LogP contribution in [0.25, 0.3) is 0 Å². The molecule has 2 nitrogen and oxygen atoms in total. The maximum Gasteiger partial charge on any atom is 0.0458 e.